The normalized spacial score (nSPS) is 56.9. The molecular formula is C47H79NO21. The fourth-order valence-electron chi connectivity index (χ4n) is 14.1. The van der Waals surface area contributed by atoms with Gasteiger partial charge in [0.2, 0.25) is 0 Å². The molecule has 398 valence electrons. The molecule has 3 saturated carbocycles. The van der Waals surface area contributed by atoms with Gasteiger partial charge in [-0.2, -0.15) is 0 Å². The molecule has 4 unspecified atom stereocenters. The molecule has 6 aliphatic heterocycles. The number of aliphatic hydroxyl groups excluding tert-OH is 12. The minimum atomic E-state index is -1.97. The van der Waals surface area contributed by atoms with E-state index in [1.807, 2.05) is 0 Å². The van der Waals surface area contributed by atoms with Gasteiger partial charge in [0.1, 0.15) is 97.3 Å². The summed E-state index contributed by atoms with van der Waals surface area (Å²) in [4.78, 5) is 0. The van der Waals surface area contributed by atoms with Crippen LogP contribution in [0.4, 0.5) is 0 Å². The molecule has 13 N–H and O–H groups in total. The smallest absolute Gasteiger partial charge is 0.187 e. The fraction of sp³-hybridized carbons (Fsp3) is 1.00. The third kappa shape index (κ3) is 9.39. The van der Waals surface area contributed by atoms with Crippen LogP contribution in [0.2, 0.25) is 0 Å². The van der Waals surface area contributed by atoms with Crippen LogP contribution in [0.25, 0.3) is 0 Å². The number of fused-ring (bicyclic) bond motifs is 5. The average molecular weight is 994 g/mol. The molecule has 0 radical (unpaired) electrons. The Labute approximate surface area is 402 Å². The Bertz CT molecular complexity index is 1710. The molecule has 1 spiro atoms. The summed E-state index contributed by atoms with van der Waals surface area (Å²) in [7, 11) is 0. The van der Waals surface area contributed by atoms with Crippen molar-refractivity contribution in [3.05, 3.63) is 0 Å². The molecule has 9 fully saturated rings. The summed E-state index contributed by atoms with van der Waals surface area (Å²) < 4.78 is 54.1. The van der Waals surface area contributed by atoms with Gasteiger partial charge in [0.25, 0.3) is 0 Å². The number of hydrogen-bond donors (Lipinski definition) is 13. The molecule has 9 aliphatic rings. The fourth-order valence-corrected chi connectivity index (χ4v) is 14.1. The van der Waals surface area contributed by atoms with Gasteiger partial charge < -0.3 is 104 Å². The first-order valence-electron chi connectivity index (χ1n) is 25.4. The standard InChI is InChI=1S/C47H79NO21/c1-19-7-12-47(48-14-19)20(2)45(3)11-9-24-23(40(45)69-47)6-5-21-13-22(8-10-46(21,24)4)62-41-35(59)33(57)37(28(17-51)65-41)66-43-36(60)38(31(55)27(16-50)64-43)67-44-39(29(53)25(52)18-61-44)68-42-34(58)32(56)30(54)26(15-49)63-42/h19-44,48-60H,5-18H2,1-4H3/t19-,20-,21?,22-,23?,24?,25+,26+,27+,28+,29-,30+,31+,32-,33+,34+,35+,36+,37-,38-,39+,40?,41-,42+,43+,44+,45+,46-,47-/m0/s1. The first kappa shape index (κ1) is 53.0. The average Bonchev–Trinajstić information content (AvgIpc) is 3.56. The minimum Gasteiger partial charge on any atom is -0.394 e. The van der Waals surface area contributed by atoms with Crippen LogP contribution in [0.3, 0.4) is 0 Å². The highest BCUT2D eigenvalue weighted by atomic mass is 16.8. The van der Waals surface area contributed by atoms with Crippen LogP contribution in [0.15, 0.2) is 0 Å². The first-order chi connectivity index (χ1) is 32.8. The lowest BCUT2D eigenvalue weighted by Gasteiger charge is -2.60. The molecule has 6 saturated heterocycles. The highest BCUT2D eigenvalue weighted by molar-refractivity contribution is 5.14. The largest absolute Gasteiger partial charge is 0.394 e. The van der Waals surface area contributed by atoms with Crippen LogP contribution in [-0.4, -0.2) is 229 Å². The Balaban J connectivity index is 0.829. The van der Waals surface area contributed by atoms with Crippen LogP contribution in [0.5, 0.6) is 0 Å². The number of aliphatic hydroxyl groups is 12. The van der Waals surface area contributed by atoms with Crippen molar-refractivity contribution in [3.63, 3.8) is 0 Å². The maximum absolute atomic E-state index is 11.6. The number of piperidine rings is 1. The Hall–Kier alpha value is -0.880. The molecule has 9 rings (SSSR count). The summed E-state index contributed by atoms with van der Waals surface area (Å²) >= 11 is 0. The predicted molar refractivity (Wildman–Crippen MR) is 233 cm³/mol. The lowest BCUT2D eigenvalue weighted by Crippen LogP contribution is -2.67. The summed E-state index contributed by atoms with van der Waals surface area (Å²) in [6.45, 7) is 7.66. The minimum absolute atomic E-state index is 0.0733. The van der Waals surface area contributed by atoms with E-state index in [2.05, 4.69) is 33.0 Å². The van der Waals surface area contributed by atoms with E-state index in [-0.39, 0.29) is 28.8 Å². The lowest BCUT2D eigenvalue weighted by atomic mass is 9.46. The highest BCUT2D eigenvalue weighted by Gasteiger charge is 2.67. The molecular weight excluding hydrogens is 915 g/mol. The van der Waals surface area contributed by atoms with Crippen molar-refractivity contribution in [2.45, 2.75) is 220 Å². The van der Waals surface area contributed by atoms with Gasteiger partial charge in [-0.1, -0.05) is 27.7 Å². The molecule has 0 bridgehead atoms. The summed E-state index contributed by atoms with van der Waals surface area (Å²) in [6.07, 6.45) is -23.4. The van der Waals surface area contributed by atoms with E-state index in [0.29, 0.717) is 36.0 Å². The Morgan fingerprint density at radius 2 is 1.16 bits per heavy atom. The van der Waals surface area contributed by atoms with Gasteiger partial charge in [-0.3, -0.25) is 5.32 Å². The van der Waals surface area contributed by atoms with Crippen molar-refractivity contribution in [2.24, 2.45) is 40.4 Å². The van der Waals surface area contributed by atoms with Crippen molar-refractivity contribution in [1.82, 2.24) is 5.32 Å². The second kappa shape index (κ2) is 20.7. The summed E-state index contributed by atoms with van der Waals surface area (Å²) in [5.74, 6) is 2.39. The number of rotatable bonds is 11. The van der Waals surface area contributed by atoms with Crippen LogP contribution in [-0.2, 0) is 42.6 Å². The Morgan fingerprint density at radius 1 is 0.551 bits per heavy atom. The molecule has 69 heavy (non-hydrogen) atoms. The Kier molecular flexibility index (Phi) is 15.9. The van der Waals surface area contributed by atoms with Gasteiger partial charge in [-0.25, -0.2) is 0 Å². The van der Waals surface area contributed by atoms with Gasteiger partial charge >= 0.3 is 0 Å². The van der Waals surface area contributed by atoms with E-state index in [4.69, 9.17) is 42.6 Å². The Morgan fingerprint density at radius 3 is 1.84 bits per heavy atom. The van der Waals surface area contributed by atoms with Gasteiger partial charge in [-0.05, 0) is 86.9 Å². The quantitative estimate of drug-likeness (QED) is 0.0901. The van der Waals surface area contributed by atoms with Crippen LogP contribution in [0, 0.1) is 40.4 Å². The van der Waals surface area contributed by atoms with Gasteiger partial charge in [0.15, 0.2) is 25.2 Å². The van der Waals surface area contributed by atoms with E-state index >= 15 is 0 Å². The van der Waals surface area contributed by atoms with E-state index in [0.717, 1.165) is 51.5 Å². The number of hydrogen-bond acceptors (Lipinski definition) is 22. The number of nitrogens with one attached hydrogen (secondary N) is 1. The first-order valence-corrected chi connectivity index (χ1v) is 25.4. The zero-order valence-corrected chi connectivity index (χ0v) is 40.0. The van der Waals surface area contributed by atoms with Crippen molar-refractivity contribution < 1.29 is 104 Å². The topological polar surface area (TPSA) is 338 Å². The molecule has 3 aliphatic carbocycles. The zero-order valence-electron chi connectivity index (χ0n) is 40.0. The van der Waals surface area contributed by atoms with E-state index in [9.17, 15) is 61.3 Å². The molecule has 22 heteroatoms. The summed E-state index contributed by atoms with van der Waals surface area (Å²) in [6, 6.07) is 0. The van der Waals surface area contributed by atoms with Gasteiger partial charge in [0, 0.05) is 17.9 Å². The molecule has 0 aromatic carbocycles. The van der Waals surface area contributed by atoms with Crippen molar-refractivity contribution in [1.29, 1.82) is 0 Å². The SMILES string of the molecule is C[C@H]1CC[C@]2(NC1)OC1C3CCC4C[C@@H](O[C@H]5O[C@H](CO)[C@H](O[C@H]6O[C@H](CO)[C@@H](O)[C@H](O[C@H]7OC[C@@H](O)[C@H](O)[C@H]7O[C@H]7O[C@H](CO)[C@@H](O)[C@H](O)[C@H]7O)[C@H]6O)[C@H](O)[C@H]5O)CC[C@]4(C)C3CC[C@]1(C)[C@@H]2C. The van der Waals surface area contributed by atoms with Crippen LogP contribution in [0.1, 0.15) is 85.5 Å². The molecule has 6 heterocycles. The van der Waals surface area contributed by atoms with E-state index in [1.165, 1.54) is 6.42 Å². The summed E-state index contributed by atoms with van der Waals surface area (Å²) in [5.41, 5.74) is -0.0788. The number of ether oxygens (including phenoxy) is 9. The maximum Gasteiger partial charge on any atom is 0.187 e. The van der Waals surface area contributed by atoms with E-state index in [1.54, 1.807) is 0 Å². The molecule has 22 nitrogen and oxygen atoms in total. The summed E-state index contributed by atoms with van der Waals surface area (Å²) in [5, 5.41) is 133. The van der Waals surface area contributed by atoms with Crippen LogP contribution >= 0.6 is 0 Å². The molecule has 29 atom stereocenters. The highest BCUT2D eigenvalue weighted by Crippen LogP contribution is 2.67. The monoisotopic (exact) mass is 994 g/mol. The third-order valence-corrected chi connectivity index (χ3v) is 18.6. The third-order valence-electron chi connectivity index (χ3n) is 18.6. The molecule has 0 amide bonds. The van der Waals surface area contributed by atoms with E-state index < -0.39 is 143 Å². The van der Waals surface area contributed by atoms with Gasteiger partial charge in [0.05, 0.1) is 38.6 Å². The second-order valence-corrected chi connectivity index (χ2v) is 22.5. The zero-order chi connectivity index (χ0) is 49.5. The molecule has 0 aromatic heterocycles. The van der Waals surface area contributed by atoms with Crippen molar-refractivity contribution in [3.8, 4) is 0 Å². The van der Waals surface area contributed by atoms with Crippen molar-refractivity contribution >= 4 is 0 Å². The predicted octanol–water partition coefficient (Wildman–Crippen LogP) is -3.33. The lowest BCUT2D eigenvalue weighted by molar-refractivity contribution is -0.390. The molecule has 0 aromatic rings. The van der Waals surface area contributed by atoms with Crippen molar-refractivity contribution in [2.75, 3.05) is 33.0 Å². The maximum atomic E-state index is 11.6. The van der Waals surface area contributed by atoms with Crippen LogP contribution < -0.4 is 5.32 Å². The van der Waals surface area contributed by atoms with Gasteiger partial charge in [-0.15, -0.1) is 0 Å². The second-order valence-electron chi connectivity index (χ2n) is 22.5.